The Kier molecular flexibility index (Phi) is 2.05. The third kappa shape index (κ3) is 1.52. The molecule has 0 bridgehead atoms. The Bertz CT molecular complexity index is 425. The van der Waals surface area contributed by atoms with Gasteiger partial charge in [0.15, 0.2) is 0 Å². The van der Waals surface area contributed by atoms with Gasteiger partial charge in [0.05, 0.1) is 6.61 Å². The van der Waals surface area contributed by atoms with E-state index >= 15 is 0 Å². The van der Waals surface area contributed by atoms with Crippen LogP contribution in [-0.2, 0) is 6.42 Å². The average Bonchev–Trinajstić information content (AvgIpc) is 2.72. The van der Waals surface area contributed by atoms with Crippen molar-refractivity contribution in [2.45, 2.75) is 32.7 Å². The van der Waals surface area contributed by atoms with Crippen molar-refractivity contribution >= 4 is 0 Å². The lowest BCUT2D eigenvalue weighted by molar-refractivity contribution is 0.356. The summed E-state index contributed by atoms with van der Waals surface area (Å²) in [5, 5.41) is 0. The van der Waals surface area contributed by atoms with Crippen molar-refractivity contribution in [2.75, 3.05) is 6.61 Å². The third-order valence-electron chi connectivity index (χ3n) is 4.12. The van der Waals surface area contributed by atoms with Gasteiger partial charge in [0.25, 0.3) is 0 Å². The van der Waals surface area contributed by atoms with Gasteiger partial charge in [-0.3, -0.25) is 0 Å². The topological polar surface area (TPSA) is 35.2 Å². The summed E-state index contributed by atoms with van der Waals surface area (Å²) in [6.07, 6.45) is 2.28. The number of fused-ring (bicyclic) bond motifs is 1. The van der Waals surface area contributed by atoms with Crippen LogP contribution in [0.25, 0.3) is 0 Å². The van der Waals surface area contributed by atoms with Crippen molar-refractivity contribution < 1.29 is 4.74 Å². The van der Waals surface area contributed by atoms with Gasteiger partial charge in [-0.2, -0.15) is 0 Å². The fourth-order valence-electron chi connectivity index (χ4n) is 2.77. The van der Waals surface area contributed by atoms with E-state index in [4.69, 9.17) is 10.5 Å². The second kappa shape index (κ2) is 3.24. The molecule has 0 amide bonds. The molecule has 1 aromatic carbocycles. The number of benzene rings is 1. The average molecular weight is 217 g/mol. The molecule has 86 valence electrons. The lowest BCUT2D eigenvalue weighted by Gasteiger charge is -2.14. The van der Waals surface area contributed by atoms with Crippen LogP contribution in [0.15, 0.2) is 18.2 Å². The van der Waals surface area contributed by atoms with Gasteiger partial charge in [0, 0.05) is 12.5 Å². The summed E-state index contributed by atoms with van der Waals surface area (Å²) in [6, 6.07) is 6.64. The summed E-state index contributed by atoms with van der Waals surface area (Å²) in [6.45, 7) is 5.42. The van der Waals surface area contributed by atoms with Crippen molar-refractivity contribution in [1.29, 1.82) is 0 Å². The van der Waals surface area contributed by atoms with E-state index in [-0.39, 0.29) is 6.04 Å². The van der Waals surface area contributed by atoms with Crippen molar-refractivity contribution in [1.82, 2.24) is 0 Å². The Hall–Kier alpha value is -1.02. The summed E-state index contributed by atoms with van der Waals surface area (Å²) in [4.78, 5) is 0. The van der Waals surface area contributed by atoms with Crippen molar-refractivity contribution in [3.05, 3.63) is 29.3 Å². The van der Waals surface area contributed by atoms with Crippen LogP contribution in [0.3, 0.4) is 0 Å². The molecule has 2 N–H and O–H groups in total. The number of rotatable bonds is 2. The molecule has 1 aliphatic heterocycles. The van der Waals surface area contributed by atoms with Gasteiger partial charge < -0.3 is 10.5 Å². The molecule has 1 saturated carbocycles. The van der Waals surface area contributed by atoms with Gasteiger partial charge >= 0.3 is 0 Å². The quantitative estimate of drug-likeness (QED) is 0.826. The van der Waals surface area contributed by atoms with Crippen LogP contribution in [0.1, 0.15) is 37.4 Å². The number of hydrogen-bond acceptors (Lipinski definition) is 2. The molecule has 2 heteroatoms. The van der Waals surface area contributed by atoms with E-state index in [1.165, 1.54) is 17.5 Å². The monoisotopic (exact) mass is 217 g/mol. The molecule has 2 unspecified atom stereocenters. The maximum atomic E-state index is 6.33. The molecule has 16 heavy (non-hydrogen) atoms. The van der Waals surface area contributed by atoms with Gasteiger partial charge in [-0.25, -0.2) is 0 Å². The van der Waals surface area contributed by atoms with Gasteiger partial charge in [0.2, 0.25) is 0 Å². The van der Waals surface area contributed by atoms with Crippen LogP contribution in [0, 0.1) is 11.3 Å². The van der Waals surface area contributed by atoms with Gasteiger partial charge in [-0.15, -0.1) is 0 Å². The fraction of sp³-hybridized carbons (Fsp3) is 0.571. The van der Waals surface area contributed by atoms with Crippen LogP contribution in [0.5, 0.6) is 5.75 Å². The normalized spacial score (nSPS) is 27.1. The largest absolute Gasteiger partial charge is 0.493 e. The van der Waals surface area contributed by atoms with E-state index < -0.39 is 0 Å². The highest BCUT2D eigenvalue weighted by Crippen LogP contribution is 2.57. The highest BCUT2D eigenvalue weighted by atomic mass is 16.5. The molecular weight excluding hydrogens is 198 g/mol. The van der Waals surface area contributed by atoms with Gasteiger partial charge in [0.1, 0.15) is 5.75 Å². The molecule has 3 rings (SSSR count). The van der Waals surface area contributed by atoms with Gasteiger partial charge in [-0.05, 0) is 34.9 Å². The van der Waals surface area contributed by atoms with E-state index in [1.54, 1.807) is 0 Å². The third-order valence-corrected chi connectivity index (χ3v) is 4.12. The number of ether oxygens (including phenoxy) is 1. The van der Waals surface area contributed by atoms with Crippen molar-refractivity contribution in [3.8, 4) is 5.75 Å². The van der Waals surface area contributed by atoms with E-state index in [0.29, 0.717) is 11.3 Å². The first-order chi connectivity index (χ1) is 7.58. The minimum absolute atomic E-state index is 0.195. The molecule has 2 aliphatic rings. The molecule has 0 spiro atoms. The zero-order chi connectivity index (χ0) is 11.3. The standard InChI is InChI=1S/C14H19NO/c1-14(2)8-11(14)13(15)10-3-4-12-9(7-10)5-6-16-12/h3-4,7,11,13H,5-6,8,15H2,1-2H3. The first-order valence-electron chi connectivity index (χ1n) is 6.09. The second-order valence-corrected chi connectivity index (χ2v) is 5.79. The summed E-state index contributed by atoms with van der Waals surface area (Å²) in [5.74, 6) is 1.69. The lowest BCUT2D eigenvalue weighted by Crippen LogP contribution is -2.15. The Labute approximate surface area is 96.8 Å². The molecular formula is C14H19NO. The maximum Gasteiger partial charge on any atom is 0.122 e. The van der Waals surface area contributed by atoms with Crippen LogP contribution < -0.4 is 10.5 Å². The summed E-state index contributed by atoms with van der Waals surface area (Å²) in [7, 11) is 0. The Morgan fingerprint density at radius 1 is 1.44 bits per heavy atom. The molecule has 0 radical (unpaired) electrons. The van der Waals surface area contributed by atoms with Crippen LogP contribution >= 0.6 is 0 Å². The first kappa shape index (κ1) is 10.2. The van der Waals surface area contributed by atoms with Crippen LogP contribution in [0.2, 0.25) is 0 Å². The SMILES string of the molecule is CC1(C)CC1C(N)c1ccc2c(c1)CCO2. The molecule has 1 aliphatic carbocycles. The van der Waals surface area contributed by atoms with E-state index in [2.05, 4.69) is 32.0 Å². The van der Waals surface area contributed by atoms with E-state index in [0.717, 1.165) is 18.8 Å². The molecule has 2 atom stereocenters. The van der Waals surface area contributed by atoms with E-state index in [9.17, 15) is 0 Å². The first-order valence-corrected chi connectivity index (χ1v) is 6.09. The highest BCUT2D eigenvalue weighted by Gasteiger charge is 2.49. The van der Waals surface area contributed by atoms with Crippen LogP contribution in [-0.4, -0.2) is 6.61 Å². The fourth-order valence-corrected chi connectivity index (χ4v) is 2.77. The lowest BCUT2D eigenvalue weighted by atomic mass is 9.96. The summed E-state index contributed by atoms with van der Waals surface area (Å²) in [5.41, 5.74) is 9.37. The predicted molar refractivity (Wildman–Crippen MR) is 64.5 cm³/mol. The number of hydrogen-bond donors (Lipinski definition) is 1. The van der Waals surface area contributed by atoms with E-state index in [1.807, 2.05) is 0 Å². The summed E-state index contributed by atoms with van der Waals surface area (Å²) >= 11 is 0. The highest BCUT2D eigenvalue weighted by molar-refractivity contribution is 5.41. The molecule has 1 fully saturated rings. The maximum absolute atomic E-state index is 6.33. The van der Waals surface area contributed by atoms with Crippen molar-refractivity contribution in [2.24, 2.45) is 17.1 Å². The molecule has 0 aromatic heterocycles. The Balaban J connectivity index is 1.85. The molecule has 0 saturated heterocycles. The Morgan fingerprint density at radius 2 is 2.19 bits per heavy atom. The van der Waals surface area contributed by atoms with Gasteiger partial charge in [-0.1, -0.05) is 26.0 Å². The van der Waals surface area contributed by atoms with Crippen LogP contribution in [0.4, 0.5) is 0 Å². The Morgan fingerprint density at radius 3 is 2.88 bits per heavy atom. The molecule has 1 heterocycles. The second-order valence-electron chi connectivity index (χ2n) is 5.79. The smallest absolute Gasteiger partial charge is 0.122 e. The van der Waals surface area contributed by atoms with Crippen molar-refractivity contribution in [3.63, 3.8) is 0 Å². The zero-order valence-electron chi connectivity index (χ0n) is 9.99. The summed E-state index contributed by atoms with van der Waals surface area (Å²) < 4.78 is 5.51. The molecule has 1 aromatic rings. The number of nitrogens with two attached hydrogens (primary N) is 1. The zero-order valence-corrected chi connectivity index (χ0v) is 9.99. The molecule has 2 nitrogen and oxygen atoms in total. The minimum atomic E-state index is 0.195. The minimum Gasteiger partial charge on any atom is -0.493 e. The predicted octanol–water partition coefficient (Wildman–Crippen LogP) is 2.67.